The highest BCUT2D eigenvalue weighted by Gasteiger charge is 2.30. The molecule has 2 aromatic heterocycles. The number of rotatable bonds is 1. The first-order valence-corrected chi connectivity index (χ1v) is 7.28. The van der Waals surface area contributed by atoms with Crippen molar-refractivity contribution in [2.75, 3.05) is 0 Å². The number of Topliss-reactive ketones (excluding diaryl/α,β-unsaturated/α-hetero) is 1. The number of alkyl halides is 3. The molecule has 0 saturated heterocycles. The van der Waals surface area contributed by atoms with Crippen LogP contribution in [-0.2, 0) is 12.6 Å². The molecule has 1 aromatic carbocycles. The number of hydrogen-bond donors (Lipinski definition) is 0. The molecule has 116 valence electrons. The van der Waals surface area contributed by atoms with Gasteiger partial charge in [-0.25, -0.2) is 0 Å². The van der Waals surface area contributed by atoms with Crippen molar-refractivity contribution >= 4 is 11.3 Å². The van der Waals surface area contributed by atoms with Crippen molar-refractivity contribution in [3.8, 4) is 11.1 Å². The van der Waals surface area contributed by atoms with Crippen molar-refractivity contribution in [2.45, 2.75) is 19.0 Å². The Balaban J connectivity index is 1.89. The van der Waals surface area contributed by atoms with Gasteiger partial charge in [0.1, 0.15) is 0 Å². The summed E-state index contributed by atoms with van der Waals surface area (Å²) in [5, 5.41) is 0. The van der Waals surface area contributed by atoms with Gasteiger partial charge in [0, 0.05) is 29.9 Å². The molecule has 0 unspecified atom stereocenters. The zero-order chi connectivity index (χ0) is 16.2. The molecule has 0 N–H and O–H groups in total. The first kappa shape index (κ1) is 14.1. The van der Waals surface area contributed by atoms with Crippen LogP contribution in [-0.4, -0.2) is 10.2 Å². The van der Waals surface area contributed by atoms with E-state index in [1.807, 2.05) is 22.9 Å². The molecule has 0 atom stereocenters. The molecule has 0 aliphatic heterocycles. The maximum absolute atomic E-state index is 12.7. The Morgan fingerprint density at radius 2 is 1.70 bits per heavy atom. The molecule has 5 heteroatoms. The molecule has 0 fully saturated rings. The van der Waals surface area contributed by atoms with Crippen LogP contribution in [0.5, 0.6) is 0 Å². The number of aromatic nitrogens is 1. The summed E-state index contributed by atoms with van der Waals surface area (Å²) in [6.07, 6.45) is 0.453. The van der Waals surface area contributed by atoms with E-state index < -0.39 is 11.7 Å². The number of hydrogen-bond acceptors (Lipinski definition) is 1. The Morgan fingerprint density at radius 1 is 0.957 bits per heavy atom. The summed E-state index contributed by atoms with van der Waals surface area (Å²) in [7, 11) is 0. The minimum atomic E-state index is -4.34. The standard InChI is InChI=1S/C18H12F3NO/c19-18(20,21)12-5-3-11(4-6-12)15-10-22-9-1-2-14-16(23)8-7-13(15)17(14)22/h1-6,9-10H,7-8H2. The highest BCUT2D eigenvalue weighted by Crippen LogP contribution is 2.36. The minimum Gasteiger partial charge on any atom is -0.322 e. The molecule has 1 aliphatic carbocycles. The fourth-order valence-electron chi connectivity index (χ4n) is 3.23. The van der Waals surface area contributed by atoms with Crippen molar-refractivity contribution in [2.24, 2.45) is 0 Å². The molecule has 0 bridgehead atoms. The van der Waals surface area contributed by atoms with Gasteiger partial charge in [0.2, 0.25) is 0 Å². The van der Waals surface area contributed by atoms with Crippen molar-refractivity contribution < 1.29 is 18.0 Å². The minimum absolute atomic E-state index is 0.111. The molecular weight excluding hydrogens is 303 g/mol. The van der Waals surface area contributed by atoms with Crippen LogP contribution in [0.15, 0.2) is 48.8 Å². The van der Waals surface area contributed by atoms with Gasteiger partial charge in [0.05, 0.1) is 11.1 Å². The molecule has 3 aromatic rings. The Labute approximate surface area is 130 Å². The van der Waals surface area contributed by atoms with Crippen LogP contribution in [0.4, 0.5) is 13.2 Å². The quantitative estimate of drug-likeness (QED) is 0.635. The van der Waals surface area contributed by atoms with E-state index in [9.17, 15) is 18.0 Å². The topological polar surface area (TPSA) is 21.5 Å². The van der Waals surface area contributed by atoms with Crippen LogP contribution in [0, 0.1) is 0 Å². The third-order valence-electron chi connectivity index (χ3n) is 4.33. The van der Waals surface area contributed by atoms with Crippen LogP contribution in [0.1, 0.15) is 27.9 Å². The van der Waals surface area contributed by atoms with Gasteiger partial charge >= 0.3 is 6.18 Å². The van der Waals surface area contributed by atoms with E-state index in [1.54, 1.807) is 6.07 Å². The Kier molecular flexibility index (Phi) is 2.88. The second kappa shape index (κ2) is 4.72. The van der Waals surface area contributed by atoms with E-state index in [0.29, 0.717) is 18.4 Å². The summed E-state index contributed by atoms with van der Waals surface area (Å²) in [5.74, 6) is 0.111. The summed E-state index contributed by atoms with van der Waals surface area (Å²) in [5.41, 5.74) is 3.55. The number of carbonyl (C=O) groups excluding carboxylic acids is 1. The normalized spacial score (nSPS) is 14.5. The lowest BCUT2D eigenvalue weighted by molar-refractivity contribution is -0.137. The van der Waals surface area contributed by atoms with E-state index in [2.05, 4.69) is 0 Å². The highest BCUT2D eigenvalue weighted by molar-refractivity contribution is 6.06. The summed E-state index contributed by atoms with van der Waals surface area (Å²) in [6, 6.07) is 8.79. The Bertz CT molecular complexity index is 920. The summed E-state index contributed by atoms with van der Waals surface area (Å²) >= 11 is 0. The predicted molar refractivity (Wildman–Crippen MR) is 80.5 cm³/mol. The molecule has 2 nitrogen and oxygen atoms in total. The zero-order valence-electron chi connectivity index (χ0n) is 12.0. The molecule has 23 heavy (non-hydrogen) atoms. The first-order valence-electron chi connectivity index (χ1n) is 7.28. The van der Waals surface area contributed by atoms with Crippen LogP contribution in [0.3, 0.4) is 0 Å². The van der Waals surface area contributed by atoms with Crippen molar-refractivity contribution in [3.05, 3.63) is 65.5 Å². The Hall–Kier alpha value is -2.56. The molecular formula is C18H12F3NO. The fraction of sp³-hybridized carbons (Fsp3) is 0.167. The number of carbonyl (C=O) groups is 1. The second-order valence-corrected chi connectivity index (χ2v) is 5.70. The van der Waals surface area contributed by atoms with Gasteiger partial charge in [-0.2, -0.15) is 13.2 Å². The van der Waals surface area contributed by atoms with Crippen molar-refractivity contribution in [1.29, 1.82) is 0 Å². The summed E-state index contributed by atoms with van der Waals surface area (Å²) < 4.78 is 40.0. The molecule has 0 amide bonds. The van der Waals surface area contributed by atoms with Crippen LogP contribution >= 0.6 is 0 Å². The Morgan fingerprint density at radius 3 is 2.39 bits per heavy atom. The molecule has 0 radical (unpaired) electrons. The van der Waals surface area contributed by atoms with E-state index >= 15 is 0 Å². The molecule has 4 rings (SSSR count). The average Bonchev–Trinajstić information content (AvgIpc) is 2.90. The lowest BCUT2D eigenvalue weighted by atomic mass is 9.91. The number of halogens is 3. The number of benzene rings is 1. The van der Waals surface area contributed by atoms with E-state index in [0.717, 1.165) is 34.3 Å². The van der Waals surface area contributed by atoms with Gasteiger partial charge in [-0.15, -0.1) is 0 Å². The maximum Gasteiger partial charge on any atom is 0.416 e. The lowest BCUT2D eigenvalue weighted by Gasteiger charge is -2.13. The van der Waals surface area contributed by atoms with Crippen LogP contribution < -0.4 is 0 Å². The van der Waals surface area contributed by atoms with Crippen LogP contribution in [0.25, 0.3) is 16.6 Å². The SMILES string of the molecule is O=C1CCc2c(-c3ccc(C(F)(F)F)cc3)cn3cccc1c23. The predicted octanol–water partition coefficient (Wildman–Crippen LogP) is 4.75. The highest BCUT2D eigenvalue weighted by atomic mass is 19.4. The molecule has 1 aliphatic rings. The summed E-state index contributed by atoms with van der Waals surface area (Å²) in [6.45, 7) is 0. The largest absolute Gasteiger partial charge is 0.416 e. The number of pyridine rings is 1. The third kappa shape index (κ3) is 2.15. The lowest BCUT2D eigenvalue weighted by Crippen LogP contribution is -2.09. The molecule has 0 saturated carbocycles. The number of aryl methyl sites for hydroxylation is 1. The third-order valence-corrected chi connectivity index (χ3v) is 4.33. The zero-order valence-corrected chi connectivity index (χ0v) is 12.0. The number of nitrogens with zero attached hydrogens (tertiary/aromatic N) is 1. The van der Waals surface area contributed by atoms with Crippen molar-refractivity contribution in [1.82, 2.24) is 4.40 Å². The maximum atomic E-state index is 12.7. The van der Waals surface area contributed by atoms with Gasteiger partial charge in [-0.3, -0.25) is 4.79 Å². The van der Waals surface area contributed by atoms with Gasteiger partial charge in [-0.05, 0) is 41.8 Å². The van der Waals surface area contributed by atoms with Crippen molar-refractivity contribution in [3.63, 3.8) is 0 Å². The van der Waals surface area contributed by atoms with Crippen LogP contribution in [0.2, 0.25) is 0 Å². The average molecular weight is 315 g/mol. The van der Waals surface area contributed by atoms with E-state index in [1.165, 1.54) is 12.1 Å². The first-order chi connectivity index (χ1) is 10.9. The molecule has 2 heterocycles. The van der Waals surface area contributed by atoms with Gasteiger partial charge in [0.15, 0.2) is 5.78 Å². The molecule has 0 spiro atoms. The van der Waals surface area contributed by atoms with E-state index in [4.69, 9.17) is 0 Å². The van der Waals surface area contributed by atoms with Gasteiger partial charge in [-0.1, -0.05) is 12.1 Å². The van der Waals surface area contributed by atoms with Gasteiger partial charge < -0.3 is 4.40 Å². The number of ketones is 1. The smallest absolute Gasteiger partial charge is 0.322 e. The second-order valence-electron chi connectivity index (χ2n) is 5.70. The van der Waals surface area contributed by atoms with E-state index in [-0.39, 0.29) is 5.78 Å². The fourth-order valence-corrected chi connectivity index (χ4v) is 3.23. The monoisotopic (exact) mass is 315 g/mol. The summed E-state index contributed by atoms with van der Waals surface area (Å²) in [4.78, 5) is 12.0. The van der Waals surface area contributed by atoms with Gasteiger partial charge in [0.25, 0.3) is 0 Å².